The van der Waals surface area contributed by atoms with Gasteiger partial charge in [-0.25, -0.2) is 0 Å². The van der Waals surface area contributed by atoms with Crippen molar-refractivity contribution in [3.8, 4) is 12.3 Å². The lowest BCUT2D eigenvalue weighted by Crippen LogP contribution is -2.41. The molecule has 0 spiro atoms. The van der Waals surface area contributed by atoms with Crippen LogP contribution < -0.4 is 10.6 Å². The molecule has 2 amide bonds. The van der Waals surface area contributed by atoms with E-state index in [1.807, 2.05) is 13.8 Å². The van der Waals surface area contributed by atoms with E-state index in [1.165, 1.54) is 0 Å². The first-order valence-corrected chi connectivity index (χ1v) is 5.61. The quantitative estimate of drug-likeness (QED) is 0.585. The molecule has 0 rings (SSSR count). The molecule has 0 fully saturated rings. The van der Waals surface area contributed by atoms with Crippen molar-refractivity contribution in [1.29, 1.82) is 0 Å². The fourth-order valence-corrected chi connectivity index (χ4v) is 1.13. The summed E-state index contributed by atoms with van der Waals surface area (Å²) in [7, 11) is 1.71. The van der Waals surface area contributed by atoms with E-state index in [4.69, 9.17) is 6.42 Å². The van der Waals surface area contributed by atoms with Crippen LogP contribution in [0.2, 0.25) is 0 Å². The smallest absolute Gasteiger partial charge is 0.234 e. The Hall–Kier alpha value is -1.54. The zero-order valence-electron chi connectivity index (χ0n) is 10.7. The Bertz CT molecular complexity index is 295. The fourth-order valence-electron chi connectivity index (χ4n) is 1.13. The SMILES string of the molecule is C#CCNC(=O)CN(C)CC(=O)NCC(C)C. The highest BCUT2D eigenvalue weighted by molar-refractivity contribution is 5.81. The van der Waals surface area contributed by atoms with Crippen molar-refractivity contribution in [1.82, 2.24) is 15.5 Å². The molecule has 0 aliphatic rings. The van der Waals surface area contributed by atoms with Crippen molar-refractivity contribution < 1.29 is 9.59 Å². The van der Waals surface area contributed by atoms with Gasteiger partial charge >= 0.3 is 0 Å². The van der Waals surface area contributed by atoms with Crippen LogP contribution in [0, 0.1) is 18.3 Å². The van der Waals surface area contributed by atoms with Crippen molar-refractivity contribution in [3.05, 3.63) is 0 Å². The number of nitrogens with zero attached hydrogens (tertiary/aromatic N) is 1. The minimum absolute atomic E-state index is 0.0778. The normalized spacial score (nSPS) is 10.1. The van der Waals surface area contributed by atoms with E-state index in [1.54, 1.807) is 11.9 Å². The number of nitrogens with one attached hydrogen (secondary N) is 2. The van der Waals surface area contributed by atoms with E-state index in [9.17, 15) is 9.59 Å². The number of rotatable bonds is 7. The van der Waals surface area contributed by atoms with Gasteiger partial charge in [-0.05, 0) is 13.0 Å². The van der Waals surface area contributed by atoms with Gasteiger partial charge < -0.3 is 10.6 Å². The second-order valence-electron chi connectivity index (χ2n) is 4.35. The first kappa shape index (κ1) is 15.5. The van der Waals surface area contributed by atoms with Crippen molar-refractivity contribution in [2.45, 2.75) is 13.8 Å². The third-order valence-corrected chi connectivity index (χ3v) is 1.92. The molecule has 0 bridgehead atoms. The molecule has 0 aromatic carbocycles. The largest absolute Gasteiger partial charge is 0.355 e. The Morgan fingerprint density at radius 3 is 2.24 bits per heavy atom. The van der Waals surface area contributed by atoms with E-state index >= 15 is 0 Å². The van der Waals surface area contributed by atoms with Gasteiger partial charge in [-0.15, -0.1) is 6.42 Å². The predicted octanol–water partition coefficient (Wildman–Crippen LogP) is -0.560. The van der Waals surface area contributed by atoms with Gasteiger partial charge in [0.15, 0.2) is 0 Å². The van der Waals surface area contributed by atoms with Gasteiger partial charge in [0.2, 0.25) is 11.8 Å². The van der Waals surface area contributed by atoms with Gasteiger partial charge in [0.1, 0.15) is 0 Å². The molecule has 0 saturated heterocycles. The number of hydrogen-bond acceptors (Lipinski definition) is 3. The lowest BCUT2D eigenvalue weighted by molar-refractivity contribution is -0.124. The highest BCUT2D eigenvalue weighted by atomic mass is 16.2. The summed E-state index contributed by atoms with van der Waals surface area (Å²) in [5, 5.41) is 5.32. The van der Waals surface area contributed by atoms with E-state index in [2.05, 4.69) is 16.6 Å². The van der Waals surface area contributed by atoms with Gasteiger partial charge in [0, 0.05) is 6.54 Å². The van der Waals surface area contributed by atoms with Gasteiger partial charge in [0.05, 0.1) is 19.6 Å². The maximum absolute atomic E-state index is 11.4. The van der Waals surface area contributed by atoms with Crippen molar-refractivity contribution in [3.63, 3.8) is 0 Å². The van der Waals surface area contributed by atoms with E-state index in [0.717, 1.165) is 0 Å². The summed E-state index contributed by atoms with van der Waals surface area (Å²) in [6.45, 7) is 5.28. The molecule has 0 aliphatic heterocycles. The maximum Gasteiger partial charge on any atom is 0.234 e. The Kier molecular flexibility index (Phi) is 7.82. The van der Waals surface area contributed by atoms with Crippen molar-refractivity contribution in [2.75, 3.05) is 33.2 Å². The molecule has 17 heavy (non-hydrogen) atoms. The van der Waals surface area contributed by atoms with Crippen LogP contribution in [0.5, 0.6) is 0 Å². The van der Waals surface area contributed by atoms with Gasteiger partial charge in [-0.3, -0.25) is 14.5 Å². The zero-order chi connectivity index (χ0) is 13.3. The Morgan fingerprint density at radius 1 is 1.24 bits per heavy atom. The van der Waals surface area contributed by atoms with E-state index in [-0.39, 0.29) is 31.4 Å². The molecular weight excluding hydrogens is 218 g/mol. The fraction of sp³-hybridized carbons (Fsp3) is 0.667. The van der Waals surface area contributed by atoms with Gasteiger partial charge in [0.25, 0.3) is 0 Å². The summed E-state index contributed by atoms with van der Waals surface area (Å²) in [5.41, 5.74) is 0. The average Bonchev–Trinajstić information content (AvgIpc) is 2.23. The first-order chi connectivity index (χ1) is 7.95. The Balaban J connectivity index is 3.77. The highest BCUT2D eigenvalue weighted by Gasteiger charge is 2.10. The number of carbonyl (C=O) groups is 2. The molecular formula is C12H21N3O2. The minimum atomic E-state index is -0.179. The van der Waals surface area contributed by atoms with Crippen LogP contribution in [0.15, 0.2) is 0 Å². The molecule has 0 saturated carbocycles. The van der Waals surface area contributed by atoms with Crippen LogP contribution in [-0.2, 0) is 9.59 Å². The summed E-state index contributed by atoms with van der Waals surface area (Å²) in [4.78, 5) is 24.4. The molecule has 5 nitrogen and oxygen atoms in total. The lowest BCUT2D eigenvalue weighted by atomic mass is 10.2. The highest BCUT2D eigenvalue weighted by Crippen LogP contribution is 1.88. The molecule has 0 aromatic rings. The molecule has 0 aromatic heterocycles. The number of likely N-dealkylation sites (N-methyl/N-ethyl adjacent to an activating group) is 1. The van der Waals surface area contributed by atoms with Crippen molar-refractivity contribution >= 4 is 11.8 Å². The maximum atomic E-state index is 11.4. The number of carbonyl (C=O) groups excluding carboxylic acids is 2. The summed E-state index contributed by atoms with van der Waals surface area (Å²) in [5.74, 6) is 2.48. The van der Waals surface area contributed by atoms with Crippen molar-refractivity contribution in [2.24, 2.45) is 5.92 Å². The molecule has 0 atom stereocenters. The van der Waals surface area contributed by atoms with Crippen LogP contribution in [0.3, 0.4) is 0 Å². The summed E-state index contributed by atoms with van der Waals surface area (Å²) >= 11 is 0. The summed E-state index contributed by atoms with van der Waals surface area (Å²) in [6.07, 6.45) is 5.01. The van der Waals surface area contributed by atoms with Crippen LogP contribution in [0.25, 0.3) is 0 Å². The van der Waals surface area contributed by atoms with E-state index in [0.29, 0.717) is 12.5 Å². The number of hydrogen-bond donors (Lipinski definition) is 2. The van der Waals surface area contributed by atoms with Crippen LogP contribution in [0.4, 0.5) is 0 Å². The minimum Gasteiger partial charge on any atom is -0.355 e. The van der Waals surface area contributed by atoms with Crippen LogP contribution in [-0.4, -0.2) is 49.9 Å². The summed E-state index contributed by atoms with van der Waals surface area (Å²) < 4.78 is 0. The molecule has 0 unspecified atom stereocenters. The Labute approximate surface area is 103 Å². The topological polar surface area (TPSA) is 61.4 Å². The predicted molar refractivity (Wildman–Crippen MR) is 67.2 cm³/mol. The lowest BCUT2D eigenvalue weighted by Gasteiger charge is -2.16. The molecule has 5 heteroatoms. The zero-order valence-corrected chi connectivity index (χ0v) is 10.7. The number of terminal acetylenes is 1. The molecule has 0 heterocycles. The molecule has 96 valence electrons. The van der Waals surface area contributed by atoms with Crippen LogP contribution >= 0.6 is 0 Å². The molecule has 0 aliphatic carbocycles. The second kappa shape index (κ2) is 8.59. The standard InChI is InChI=1S/C12H21N3O2/c1-5-6-13-11(16)8-15(4)9-12(17)14-7-10(2)3/h1,10H,6-9H2,2-4H3,(H,13,16)(H,14,17). The number of amides is 2. The van der Waals surface area contributed by atoms with Gasteiger partial charge in [-0.1, -0.05) is 19.8 Å². The Morgan fingerprint density at radius 2 is 1.76 bits per heavy atom. The molecule has 2 N–H and O–H groups in total. The third-order valence-electron chi connectivity index (χ3n) is 1.92. The van der Waals surface area contributed by atoms with E-state index < -0.39 is 0 Å². The third kappa shape index (κ3) is 9.39. The average molecular weight is 239 g/mol. The van der Waals surface area contributed by atoms with Gasteiger partial charge in [-0.2, -0.15) is 0 Å². The van der Waals surface area contributed by atoms with Crippen LogP contribution in [0.1, 0.15) is 13.8 Å². The summed E-state index contributed by atoms with van der Waals surface area (Å²) in [6, 6.07) is 0. The molecule has 0 radical (unpaired) electrons. The second-order valence-corrected chi connectivity index (χ2v) is 4.35. The monoisotopic (exact) mass is 239 g/mol. The first-order valence-electron chi connectivity index (χ1n) is 5.61.